The Kier molecular flexibility index (Phi) is 4.75. The van der Waals surface area contributed by atoms with Gasteiger partial charge in [0, 0.05) is 18.0 Å². The third-order valence-corrected chi connectivity index (χ3v) is 4.22. The predicted octanol–water partition coefficient (Wildman–Crippen LogP) is 1.92. The molecule has 0 spiro atoms. The lowest BCUT2D eigenvalue weighted by Crippen LogP contribution is -2.35. The molecule has 0 unspecified atom stereocenters. The van der Waals surface area contributed by atoms with Crippen LogP contribution in [0.15, 0.2) is 29.6 Å². The minimum Gasteiger partial charge on any atom is -0.347 e. The number of benzene rings is 1. The van der Waals surface area contributed by atoms with Crippen LogP contribution in [0.25, 0.3) is 0 Å². The summed E-state index contributed by atoms with van der Waals surface area (Å²) >= 11 is 1.43. The highest BCUT2D eigenvalue weighted by molar-refractivity contribution is 7.09. The van der Waals surface area contributed by atoms with Gasteiger partial charge in [-0.15, -0.1) is 23.7 Å². The van der Waals surface area contributed by atoms with Gasteiger partial charge in [-0.05, 0) is 24.0 Å². The number of amides is 1. The molecule has 20 heavy (non-hydrogen) atoms. The lowest BCUT2D eigenvalue weighted by molar-refractivity contribution is 0.0934. The van der Waals surface area contributed by atoms with Crippen LogP contribution in [0.1, 0.15) is 26.6 Å². The number of thiazole rings is 1. The third kappa shape index (κ3) is 3.00. The number of rotatable bonds is 3. The molecule has 3 rings (SSSR count). The maximum absolute atomic E-state index is 12.1. The van der Waals surface area contributed by atoms with Crippen molar-refractivity contribution >= 4 is 29.7 Å². The lowest BCUT2D eigenvalue weighted by atomic mass is 10.1. The van der Waals surface area contributed by atoms with Crippen LogP contribution >= 0.6 is 23.7 Å². The summed E-state index contributed by atoms with van der Waals surface area (Å²) in [6.45, 7) is 0.382. The van der Waals surface area contributed by atoms with E-state index < -0.39 is 0 Å². The monoisotopic (exact) mass is 309 g/mol. The molecule has 0 fully saturated rings. The van der Waals surface area contributed by atoms with Gasteiger partial charge in [0.15, 0.2) is 0 Å². The Bertz CT molecular complexity index is 589. The number of nitrogens with two attached hydrogens (primary N) is 1. The van der Waals surface area contributed by atoms with E-state index >= 15 is 0 Å². The van der Waals surface area contributed by atoms with Crippen molar-refractivity contribution in [3.8, 4) is 0 Å². The molecule has 0 atom stereocenters. The highest BCUT2D eigenvalue weighted by Crippen LogP contribution is 2.22. The Morgan fingerprint density at radius 3 is 2.55 bits per heavy atom. The lowest BCUT2D eigenvalue weighted by Gasteiger charge is -2.10. The van der Waals surface area contributed by atoms with Crippen molar-refractivity contribution in [2.24, 2.45) is 5.73 Å². The van der Waals surface area contributed by atoms with Crippen LogP contribution in [0.4, 0.5) is 0 Å². The SMILES string of the molecule is Cl.NCc1nc(C(=O)NC2Cc3ccccc3C2)cs1. The van der Waals surface area contributed by atoms with Gasteiger partial charge in [-0.2, -0.15) is 0 Å². The van der Waals surface area contributed by atoms with Gasteiger partial charge >= 0.3 is 0 Å². The van der Waals surface area contributed by atoms with E-state index in [1.807, 2.05) is 12.1 Å². The van der Waals surface area contributed by atoms with Crippen LogP contribution in [0.3, 0.4) is 0 Å². The van der Waals surface area contributed by atoms with Crippen molar-refractivity contribution in [3.05, 3.63) is 51.5 Å². The normalized spacial score (nSPS) is 13.7. The zero-order chi connectivity index (χ0) is 13.2. The number of carbonyl (C=O) groups is 1. The average molecular weight is 310 g/mol. The second-order valence-corrected chi connectivity index (χ2v) is 5.62. The fourth-order valence-electron chi connectivity index (χ4n) is 2.43. The van der Waals surface area contributed by atoms with Crippen molar-refractivity contribution in [2.45, 2.75) is 25.4 Å². The van der Waals surface area contributed by atoms with E-state index in [-0.39, 0.29) is 24.4 Å². The number of aromatic nitrogens is 1. The molecule has 0 radical (unpaired) electrons. The topological polar surface area (TPSA) is 68.0 Å². The zero-order valence-corrected chi connectivity index (χ0v) is 12.5. The van der Waals surface area contributed by atoms with E-state index in [9.17, 15) is 4.79 Å². The summed E-state index contributed by atoms with van der Waals surface area (Å²) in [5, 5.41) is 5.60. The second-order valence-electron chi connectivity index (χ2n) is 4.68. The van der Waals surface area contributed by atoms with Crippen LogP contribution in [-0.2, 0) is 19.4 Å². The molecule has 0 bridgehead atoms. The second kappa shape index (κ2) is 6.35. The van der Waals surface area contributed by atoms with E-state index in [0.717, 1.165) is 17.8 Å². The number of hydrogen-bond acceptors (Lipinski definition) is 4. The van der Waals surface area contributed by atoms with E-state index in [1.165, 1.54) is 22.5 Å². The standard InChI is InChI=1S/C14H15N3OS.ClH/c15-7-13-17-12(8-19-13)14(18)16-11-5-9-3-1-2-4-10(9)6-11;/h1-4,8,11H,5-7,15H2,(H,16,18);1H. The Morgan fingerprint density at radius 1 is 1.35 bits per heavy atom. The smallest absolute Gasteiger partial charge is 0.270 e. The summed E-state index contributed by atoms with van der Waals surface area (Å²) in [5.74, 6) is -0.103. The molecule has 4 nitrogen and oxygen atoms in total. The molecule has 2 aromatic rings. The van der Waals surface area contributed by atoms with E-state index in [2.05, 4.69) is 22.4 Å². The fraction of sp³-hybridized carbons (Fsp3) is 0.286. The molecule has 0 aliphatic heterocycles. The fourth-order valence-corrected chi connectivity index (χ4v) is 3.08. The molecule has 1 amide bonds. The van der Waals surface area contributed by atoms with Crippen molar-refractivity contribution in [1.29, 1.82) is 0 Å². The minimum atomic E-state index is -0.103. The molecule has 1 aliphatic carbocycles. The van der Waals surface area contributed by atoms with Crippen LogP contribution in [-0.4, -0.2) is 16.9 Å². The summed E-state index contributed by atoms with van der Waals surface area (Å²) in [6.07, 6.45) is 1.80. The Balaban J connectivity index is 0.00000147. The summed E-state index contributed by atoms with van der Waals surface area (Å²) < 4.78 is 0. The quantitative estimate of drug-likeness (QED) is 0.910. The summed E-state index contributed by atoms with van der Waals surface area (Å²) in [4.78, 5) is 16.3. The van der Waals surface area contributed by atoms with Gasteiger partial charge in [0.1, 0.15) is 10.7 Å². The largest absolute Gasteiger partial charge is 0.347 e. The number of nitrogens with zero attached hydrogens (tertiary/aromatic N) is 1. The minimum absolute atomic E-state index is 0. The van der Waals surface area contributed by atoms with E-state index in [4.69, 9.17) is 5.73 Å². The molecule has 1 aromatic heterocycles. The molecular weight excluding hydrogens is 294 g/mol. The first kappa shape index (κ1) is 15.0. The first-order valence-electron chi connectivity index (χ1n) is 6.28. The van der Waals surface area contributed by atoms with Crippen molar-refractivity contribution in [1.82, 2.24) is 10.3 Å². The van der Waals surface area contributed by atoms with Crippen molar-refractivity contribution < 1.29 is 4.79 Å². The summed E-state index contributed by atoms with van der Waals surface area (Å²) in [6, 6.07) is 8.50. The maximum Gasteiger partial charge on any atom is 0.270 e. The third-order valence-electron chi connectivity index (χ3n) is 3.35. The van der Waals surface area contributed by atoms with E-state index in [0.29, 0.717) is 12.2 Å². The van der Waals surface area contributed by atoms with Crippen LogP contribution in [0.5, 0.6) is 0 Å². The molecule has 3 N–H and O–H groups in total. The summed E-state index contributed by atoms with van der Waals surface area (Å²) in [5.41, 5.74) is 8.63. The number of fused-ring (bicyclic) bond motifs is 1. The van der Waals surface area contributed by atoms with Crippen LogP contribution in [0, 0.1) is 0 Å². The highest BCUT2D eigenvalue weighted by atomic mass is 35.5. The van der Waals surface area contributed by atoms with Gasteiger partial charge in [-0.1, -0.05) is 24.3 Å². The van der Waals surface area contributed by atoms with Crippen LogP contribution < -0.4 is 11.1 Å². The van der Waals surface area contributed by atoms with Gasteiger partial charge < -0.3 is 11.1 Å². The molecule has 106 valence electrons. The Morgan fingerprint density at radius 2 is 2.00 bits per heavy atom. The van der Waals surface area contributed by atoms with Gasteiger partial charge in [0.25, 0.3) is 5.91 Å². The molecule has 0 saturated carbocycles. The molecule has 1 aromatic carbocycles. The number of nitrogens with one attached hydrogen (secondary N) is 1. The molecule has 1 heterocycles. The van der Waals surface area contributed by atoms with Crippen LogP contribution in [0.2, 0.25) is 0 Å². The Labute approximate surface area is 127 Å². The molecular formula is C14H16ClN3OS. The van der Waals surface area contributed by atoms with E-state index in [1.54, 1.807) is 5.38 Å². The molecule has 0 saturated heterocycles. The van der Waals surface area contributed by atoms with Gasteiger partial charge in [-0.3, -0.25) is 4.79 Å². The number of halogens is 1. The Hall–Kier alpha value is -1.43. The average Bonchev–Trinajstić information content (AvgIpc) is 3.04. The van der Waals surface area contributed by atoms with Gasteiger partial charge in [0.2, 0.25) is 0 Å². The molecule has 6 heteroatoms. The van der Waals surface area contributed by atoms with Gasteiger partial charge in [-0.25, -0.2) is 4.98 Å². The van der Waals surface area contributed by atoms with Gasteiger partial charge in [0.05, 0.1) is 0 Å². The first-order chi connectivity index (χ1) is 9.26. The number of hydrogen-bond donors (Lipinski definition) is 2. The van der Waals surface area contributed by atoms with Crippen molar-refractivity contribution in [3.63, 3.8) is 0 Å². The highest BCUT2D eigenvalue weighted by Gasteiger charge is 2.23. The first-order valence-corrected chi connectivity index (χ1v) is 7.16. The van der Waals surface area contributed by atoms with Crippen molar-refractivity contribution in [2.75, 3.05) is 0 Å². The summed E-state index contributed by atoms with van der Waals surface area (Å²) in [7, 11) is 0. The maximum atomic E-state index is 12.1. The number of carbonyl (C=O) groups excluding carboxylic acids is 1. The molecule has 1 aliphatic rings. The predicted molar refractivity (Wildman–Crippen MR) is 82.4 cm³/mol. The zero-order valence-electron chi connectivity index (χ0n) is 10.8.